The number of hydrogen-bond donors (Lipinski definition) is 1. The predicted molar refractivity (Wildman–Crippen MR) is 116 cm³/mol. The zero-order valence-electron chi connectivity index (χ0n) is 15.3. The molecule has 0 aliphatic carbocycles. The van der Waals surface area contributed by atoms with Crippen LogP contribution in [0.25, 0.3) is 28.2 Å². The SMILES string of the molecule is C=Cc1nn(PI)c2c(C)nc(-c3c(C)nn(C)c3OCCNC)cc12. The van der Waals surface area contributed by atoms with Crippen molar-refractivity contribution in [2.75, 3.05) is 20.2 Å². The standard InChI is InChI=1S/C17H22IN6OP/c1-6-13-12-9-14(20-11(3)16(12)24(22-13)26-18)15-10(2)21-23(5)17(15)25-8-7-19-4/h6,9,19,26H,1,7-8H2,2-5H3. The highest BCUT2D eigenvalue weighted by Gasteiger charge is 2.21. The van der Waals surface area contributed by atoms with Crippen molar-refractivity contribution in [2.45, 2.75) is 13.8 Å². The van der Waals surface area contributed by atoms with E-state index in [1.165, 1.54) is 0 Å². The van der Waals surface area contributed by atoms with E-state index in [9.17, 15) is 0 Å². The molecule has 0 radical (unpaired) electrons. The van der Waals surface area contributed by atoms with Crippen molar-refractivity contribution in [3.05, 3.63) is 29.7 Å². The first-order chi connectivity index (χ1) is 12.5. The second-order valence-corrected chi connectivity index (χ2v) is 7.96. The number of hydrogen-bond acceptors (Lipinski definition) is 5. The molecule has 0 saturated carbocycles. The molecule has 3 aromatic heterocycles. The molecule has 9 heteroatoms. The summed E-state index contributed by atoms with van der Waals surface area (Å²) in [6.45, 7) is 9.23. The summed E-state index contributed by atoms with van der Waals surface area (Å²) in [6, 6.07) is 2.06. The molecule has 1 unspecified atom stereocenters. The zero-order valence-corrected chi connectivity index (χ0v) is 18.5. The molecular formula is C17H22IN6OP. The summed E-state index contributed by atoms with van der Waals surface area (Å²) >= 11 is 2.33. The van der Waals surface area contributed by atoms with Gasteiger partial charge in [-0.25, -0.2) is 9.13 Å². The summed E-state index contributed by atoms with van der Waals surface area (Å²) in [6.07, 6.45) is 2.30. The van der Waals surface area contributed by atoms with Crippen molar-refractivity contribution in [3.8, 4) is 17.1 Å². The Kier molecular flexibility index (Phi) is 5.94. The van der Waals surface area contributed by atoms with E-state index in [2.05, 4.69) is 50.2 Å². The van der Waals surface area contributed by atoms with Crippen LogP contribution in [0.2, 0.25) is 0 Å². The topological polar surface area (TPSA) is 69.8 Å². The summed E-state index contributed by atoms with van der Waals surface area (Å²) < 4.78 is 9.73. The minimum absolute atomic E-state index is 0.506. The van der Waals surface area contributed by atoms with Gasteiger partial charge in [-0.2, -0.15) is 10.2 Å². The van der Waals surface area contributed by atoms with Crippen LogP contribution in [0, 0.1) is 13.8 Å². The first-order valence-corrected chi connectivity index (χ1v) is 12.3. The summed E-state index contributed by atoms with van der Waals surface area (Å²) in [7, 11) is 3.79. The van der Waals surface area contributed by atoms with E-state index in [1.807, 2.05) is 32.4 Å². The van der Waals surface area contributed by atoms with Crippen molar-refractivity contribution >= 4 is 45.4 Å². The Morgan fingerprint density at radius 2 is 2.12 bits per heavy atom. The van der Waals surface area contributed by atoms with E-state index in [0.29, 0.717) is 13.0 Å². The summed E-state index contributed by atoms with van der Waals surface area (Å²) in [5.74, 6) is 0.729. The minimum Gasteiger partial charge on any atom is -0.476 e. The maximum atomic E-state index is 5.98. The van der Waals surface area contributed by atoms with E-state index < -0.39 is 0 Å². The zero-order chi connectivity index (χ0) is 18.8. The molecule has 138 valence electrons. The molecule has 0 bridgehead atoms. The van der Waals surface area contributed by atoms with E-state index in [4.69, 9.17) is 9.72 Å². The van der Waals surface area contributed by atoms with Gasteiger partial charge in [0.1, 0.15) is 6.61 Å². The van der Waals surface area contributed by atoms with E-state index in [0.717, 1.165) is 51.7 Å². The lowest BCUT2D eigenvalue weighted by molar-refractivity contribution is 0.292. The van der Waals surface area contributed by atoms with Crippen LogP contribution in [0.15, 0.2) is 12.6 Å². The lowest BCUT2D eigenvalue weighted by atomic mass is 10.1. The number of halogens is 1. The summed E-state index contributed by atoms with van der Waals surface area (Å²) in [5, 5.41) is 13.3. The molecule has 1 atom stereocenters. The lowest BCUT2D eigenvalue weighted by Crippen LogP contribution is -2.17. The van der Waals surface area contributed by atoms with Crippen molar-refractivity contribution in [3.63, 3.8) is 0 Å². The number of nitrogens with zero attached hydrogens (tertiary/aromatic N) is 5. The lowest BCUT2D eigenvalue weighted by Gasteiger charge is -2.10. The van der Waals surface area contributed by atoms with Crippen molar-refractivity contribution in [1.29, 1.82) is 0 Å². The van der Waals surface area contributed by atoms with Gasteiger partial charge in [0.25, 0.3) is 0 Å². The third-order valence-corrected chi connectivity index (χ3v) is 6.01. The molecule has 0 aliphatic heterocycles. The molecular weight excluding hydrogens is 462 g/mol. The van der Waals surface area contributed by atoms with Crippen LogP contribution >= 0.6 is 28.4 Å². The van der Waals surface area contributed by atoms with Crippen LogP contribution in [-0.2, 0) is 7.05 Å². The molecule has 0 aromatic carbocycles. The second-order valence-electron chi connectivity index (χ2n) is 5.92. The fourth-order valence-electron chi connectivity index (χ4n) is 3.03. The van der Waals surface area contributed by atoms with E-state index in [1.54, 1.807) is 10.8 Å². The van der Waals surface area contributed by atoms with Gasteiger partial charge in [-0.05, 0) is 55.1 Å². The molecule has 3 rings (SSSR count). The van der Waals surface area contributed by atoms with Crippen LogP contribution < -0.4 is 10.1 Å². The number of aromatic nitrogens is 5. The summed E-state index contributed by atoms with van der Waals surface area (Å²) in [5.41, 5.74) is 5.52. The van der Waals surface area contributed by atoms with Crippen LogP contribution in [0.5, 0.6) is 5.88 Å². The van der Waals surface area contributed by atoms with Crippen molar-refractivity contribution in [2.24, 2.45) is 7.05 Å². The van der Waals surface area contributed by atoms with Gasteiger partial charge in [-0.3, -0.25) is 4.98 Å². The molecule has 3 heterocycles. The number of fused-ring (bicyclic) bond motifs is 1. The highest BCUT2D eigenvalue weighted by atomic mass is 127. The van der Waals surface area contributed by atoms with Gasteiger partial charge in [0.2, 0.25) is 5.88 Å². The Bertz CT molecular complexity index is 964. The van der Waals surface area contributed by atoms with Gasteiger partial charge in [-0.1, -0.05) is 6.58 Å². The van der Waals surface area contributed by atoms with Gasteiger partial charge in [-0.15, -0.1) is 0 Å². The quantitative estimate of drug-likeness (QED) is 0.316. The van der Waals surface area contributed by atoms with E-state index in [-0.39, 0.29) is 0 Å². The van der Waals surface area contributed by atoms with Crippen molar-refractivity contribution < 1.29 is 4.74 Å². The molecule has 1 N–H and O–H groups in total. The Morgan fingerprint density at radius 3 is 2.77 bits per heavy atom. The number of likely N-dealkylation sites (N-methyl/N-ethyl adjacent to an activating group) is 1. The van der Waals surface area contributed by atoms with Crippen LogP contribution in [-0.4, -0.2) is 44.5 Å². The number of aryl methyl sites for hydroxylation is 3. The number of ether oxygens (including phenoxy) is 1. The predicted octanol–water partition coefficient (Wildman–Crippen LogP) is 3.48. The average molecular weight is 484 g/mol. The fraction of sp³-hybridized carbons (Fsp3) is 0.353. The molecule has 3 aromatic rings. The number of rotatable bonds is 7. The number of nitrogens with one attached hydrogen (secondary N) is 1. The Morgan fingerprint density at radius 1 is 1.35 bits per heavy atom. The normalized spacial score (nSPS) is 11.7. The first kappa shape index (κ1) is 19.3. The molecule has 26 heavy (non-hydrogen) atoms. The van der Waals surface area contributed by atoms with Crippen LogP contribution in [0.3, 0.4) is 0 Å². The fourth-order valence-corrected chi connectivity index (χ4v) is 4.59. The molecule has 7 nitrogen and oxygen atoms in total. The van der Waals surface area contributed by atoms with E-state index >= 15 is 0 Å². The molecule has 0 saturated heterocycles. The first-order valence-electron chi connectivity index (χ1n) is 8.22. The maximum Gasteiger partial charge on any atom is 0.221 e. The largest absolute Gasteiger partial charge is 0.476 e. The van der Waals surface area contributed by atoms with Crippen molar-refractivity contribution in [1.82, 2.24) is 29.6 Å². The van der Waals surface area contributed by atoms with Gasteiger partial charge in [0.05, 0.1) is 40.2 Å². The number of pyridine rings is 1. The molecule has 0 amide bonds. The Hall–Kier alpha value is -1.51. The van der Waals surface area contributed by atoms with Crippen LogP contribution in [0.1, 0.15) is 17.1 Å². The third-order valence-electron chi connectivity index (χ3n) is 4.15. The Balaban J connectivity index is 2.19. The third kappa shape index (κ3) is 3.37. The monoisotopic (exact) mass is 484 g/mol. The average Bonchev–Trinajstić information content (AvgIpc) is 3.12. The molecule has 0 fully saturated rings. The van der Waals surface area contributed by atoms with Gasteiger partial charge in [0.15, 0.2) is 0 Å². The highest BCUT2D eigenvalue weighted by Crippen LogP contribution is 2.37. The van der Waals surface area contributed by atoms with Crippen LogP contribution in [0.4, 0.5) is 0 Å². The summed E-state index contributed by atoms with van der Waals surface area (Å²) in [4.78, 5) is 4.85. The van der Waals surface area contributed by atoms with Gasteiger partial charge >= 0.3 is 0 Å². The van der Waals surface area contributed by atoms with Gasteiger partial charge in [0, 0.05) is 19.0 Å². The Labute approximate surface area is 167 Å². The maximum absolute atomic E-state index is 5.98. The highest BCUT2D eigenvalue weighted by molar-refractivity contribution is 14.2. The molecule has 0 aliphatic rings. The van der Waals surface area contributed by atoms with Gasteiger partial charge < -0.3 is 10.1 Å². The second kappa shape index (κ2) is 8.02. The smallest absolute Gasteiger partial charge is 0.221 e. The molecule has 0 spiro atoms. The minimum atomic E-state index is 0.506.